The van der Waals surface area contributed by atoms with Gasteiger partial charge in [-0.1, -0.05) is 25.1 Å². The Labute approximate surface area is 137 Å². The minimum absolute atomic E-state index is 0.382. The third-order valence-electron chi connectivity index (χ3n) is 3.29. The molecule has 5 heteroatoms. The molecule has 0 unspecified atom stereocenters. The number of nitrogens with one attached hydrogen (secondary N) is 1. The number of methoxy groups -OCH3 is 1. The van der Waals surface area contributed by atoms with Crippen LogP contribution in [0.1, 0.15) is 12.5 Å². The molecule has 0 saturated carbocycles. The Balaban J connectivity index is 1.80. The van der Waals surface area contributed by atoms with E-state index in [1.165, 1.54) is 5.56 Å². The van der Waals surface area contributed by atoms with Crippen molar-refractivity contribution in [3.63, 3.8) is 0 Å². The zero-order chi connectivity index (χ0) is 16.5. The average Bonchev–Trinajstić information content (AvgIpc) is 2.59. The van der Waals surface area contributed by atoms with Crippen LogP contribution in [-0.4, -0.2) is 26.2 Å². The molecule has 0 radical (unpaired) electrons. The number of hydrogen-bond donors (Lipinski definition) is 2. The maximum absolute atomic E-state index is 5.89. The summed E-state index contributed by atoms with van der Waals surface area (Å²) in [6, 6.07) is 15.6. The van der Waals surface area contributed by atoms with Gasteiger partial charge in [-0.05, 0) is 36.2 Å². The number of guanidine groups is 1. The van der Waals surface area contributed by atoms with Crippen LogP contribution in [0.4, 0.5) is 5.69 Å². The summed E-state index contributed by atoms with van der Waals surface area (Å²) in [4.78, 5) is 4.26. The summed E-state index contributed by atoms with van der Waals surface area (Å²) in [6.07, 6.45) is 0.987. The van der Waals surface area contributed by atoms with E-state index >= 15 is 0 Å². The molecule has 0 atom stereocenters. The average molecular weight is 313 g/mol. The summed E-state index contributed by atoms with van der Waals surface area (Å²) in [5.74, 6) is 1.90. The van der Waals surface area contributed by atoms with E-state index in [-0.39, 0.29) is 0 Å². The van der Waals surface area contributed by atoms with Gasteiger partial charge in [0.2, 0.25) is 0 Å². The van der Waals surface area contributed by atoms with E-state index in [9.17, 15) is 0 Å². The molecule has 0 aliphatic rings. The molecule has 0 aliphatic heterocycles. The van der Waals surface area contributed by atoms with Crippen LogP contribution in [0.25, 0.3) is 0 Å². The molecule has 122 valence electrons. The molecular formula is C18H23N3O2. The number of hydrogen-bond acceptors (Lipinski definition) is 3. The first-order valence-corrected chi connectivity index (χ1v) is 7.64. The normalized spacial score (nSPS) is 11.1. The predicted octanol–water partition coefficient (Wildman–Crippen LogP) is 3.06. The van der Waals surface area contributed by atoms with E-state index in [1.54, 1.807) is 7.11 Å². The third-order valence-corrected chi connectivity index (χ3v) is 3.29. The third kappa shape index (κ3) is 5.54. The molecule has 0 heterocycles. The van der Waals surface area contributed by atoms with Crippen molar-refractivity contribution in [2.45, 2.75) is 13.3 Å². The standard InChI is InChI=1S/C18H23N3O2/c1-3-14-6-4-7-15(12-14)21-18(19)20-10-11-23-17-9-5-8-16(13-17)22-2/h4-9,12-13H,3,10-11H2,1-2H3,(H3,19,20,21). The molecule has 0 aliphatic carbocycles. The molecule has 3 N–H and O–H groups in total. The van der Waals surface area contributed by atoms with Crippen LogP contribution in [0.3, 0.4) is 0 Å². The highest BCUT2D eigenvalue weighted by Crippen LogP contribution is 2.18. The van der Waals surface area contributed by atoms with Crippen molar-refractivity contribution < 1.29 is 9.47 Å². The number of anilines is 1. The van der Waals surface area contributed by atoms with Crippen LogP contribution < -0.4 is 20.5 Å². The Morgan fingerprint density at radius 2 is 1.91 bits per heavy atom. The first-order valence-electron chi connectivity index (χ1n) is 7.64. The molecule has 2 aromatic rings. The van der Waals surface area contributed by atoms with Gasteiger partial charge in [-0.2, -0.15) is 0 Å². The number of ether oxygens (including phenoxy) is 2. The van der Waals surface area contributed by atoms with E-state index in [1.807, 2.05) is 36.4 Å². The van der Waals surface area contributed by atoms with Crippen LogP contribution in [0.5, 0.6) is 11.5 Å². The zero-order valence-corrected chi connectivity index (χ0v) is 13.6. The van der Waals surface area contributed by atoms with Crippen molar-refractivity contribution in [3.05, 3.63) is 54.1 Å². The molecule has 23 heavy (non-hydrogen) atoms. The van der Waals surface area contributed by atoms with Gasteiger partial charge in [0.15, 0.2) is 5.96 Å². The Bertz CT molecular complexity index is 656. The number of aryl methyl sites for hydroxylation is 1. The summed E-state index contributed by atoms with van der Waals surface area (Å²) in [7, 11) is 1.63. The lowest BCUT2D eigenvalue weighted by Gasteiger charge is -2.08. The van der Waals surface area contributed by atoms with E-state index in [4.69, 9.17) is 15.2 Å². The molecule has 0 bridgehead atoms. The predicted molar refractivity (Wildman–Crippen MR) is 94.4 cm³/mol. The SMILES string of the molecule is CCc1cccc(NC(N)=NCCOc2cccc(OC)c2)c1. The van der Waals surface area contributed by atoms with Crippen molar-refractivity contribution in [2.24, 2.45) is 10.7 Å². The van der Waals surface area contributed by atoms with E-state index in [0.717, 1.165) is 23.6 Å². The molecule has 5 nitrogen and oxygen atoms in total. The number of nitrogens with two attached hydrogens (primary N) is 1. The van der Waals surface area contributed by atoms with Gasteiger partial charge < -0.3 is 20.5 Å². The fourth-order valence-corrected chi connectivity index (χ4v) is 2.08. The van der Waals surface area contributed by atoms with Crippen LogP contribution >= 0.6 is 0 Å². The summed E-state index contributed by atoms with van der Waals surface area (Å²) >= 11 is 0. The van der Waals surface area contributed by atoms with Crippen LogP contribution in [0.2, 0.25) is 0 Å². The lowest BCUT2D eigenvalue weighted by molar-refractivity contribution is 0.325. The summed E-state index contributed by atoms with van der Waals surface area (Å²) < 4.78 is 10.8. The van der Waals surface area contributed by atoms with Gasteiger partial charge in [-0.25, -0.2) is 4.99 Å². The monoisotopic (exact) mass is 313 g/mol. The van der Waals surface area contributed by atoms with Crippen molar-refractivity contribution in [1.29, 1.82) is 0 Å². The van der Waals surface area contributed by atoms with Gasteiger partial charge in [0.25, 0.3) is 0 Å². The maximum Gasteiger partial charge on any atom is 0.193 e. The van der Waals surface area contributed by atoms with Crippen molar-refractivity contribution in [2.75, 3.05) is 25.6 Å². The van der Waals surface area contributed by atoms with Gasteiger partial charge in [-0.3, -0.25) is 0 Å². The first kappa shape index (κ1) is 16.7. The molecule has 0 fully saturated rings. The quantitative estimate of drug-likeness (QED) is 0.468. The Hall–Kier alpha value is -2.69. The van der Waals surface area contributed by atoms with Crippen molar-refractivity contribution >= 4 is 11.6 Å². The van der Waals surface area contributed by atoms with Gasteiger partial charge in [0, 0.05) is 11.8 Å². The number of rotatable bonds is 7. The lowest BCUT2D eigenvalue weighted by Crippen LogP contribution is -2.23. The molecule has 2 aromatic carbocycles. The van der Waals surface area contributed by atoms with E-state index in [0.29, 0.717) is 19.1 Å². The second-order valence-electron chi connectivity index (χ2n) is 4.97. The van der Waals surface area contributed by atoms with Crippen molar-refractivity contribution in [3.8, 4) is 11.5 Å². The maximum atomic E-state index is 5.89. The van der Waals surface area contributed by atoms with E-state index in [2.05, 4.69) is 29.4 Å². The van der Waals surface area contributed by atoms with Crippen LogP contribution in [0.15, 0.2) is 53.5 Å². The number of benzene rings is 2. The Kier molecular flexibility index (Phi) is 6.29. The van der Waals surface area contributed by atoms with Crippen LogP contribution in [-0.2, 0) is 6.42 Å². The zero-order valence-electron chi connectivity index (χ0n) is 13.6. The highest BCUT2D eigenvalue weighted by atomic mass is 16.5. The highest BCUT2D eigenvalue weighted by molar-refractivity contribution is 5.92. The molecule has 0 saturated heterocycles. The topological polar surface area (TPSA) is 68.9 Å². The highest BCUT2D eigenvalue weighted by Gasteiger charge is 1.98. The van der Waals surface area contributed by atoms with Gasteiger partial charge in [0.05, 0.1) is 13.7 Å². The second kappa shape index (κ2) is 8.68. The Morgan fingerprint density at radius 3 is 2.70 bits per heavy atom. The fraction of sp³-hybridized carbons (Fsp3) is 0.278. The smallest absolute Gasteiger partial charge is 0.193 e. The van der Waals surface area contributed by atoms with Crippen LogP contribution in [0, 0.1) is 0 Å². The molecule has 2 rings (SSSR count). The summed E-state index contributed by atoms with van der Waals surface area (Å²) in [6.45, 7) is 3.04. The van der Waals surface area contributed by atoms with Gasteiger partial charge in [-0.15, -0.1) is 0 Å². The lowest BCUT2D eigenvalue weighted by atomic mass is 10.1. The van der Waals surface area contributed by atoms with Gasteiger partial charge >= 0.3 is 0 Å². The molecule has 0 aromatic heterocycles. The Morgan fingerprint density at radius 1 is 1.13 bits per heavy atom. The van der Waals surface area contributed by atoms with Crippen molar-refractivity contribution in [1.82, 2.24) is 0 Å². The summed E-state index contributed by atoms with van der Waals surface area (Å²) in [5.41, 5.74) is 8.08. The molecule has 0 spiro atoms. The second-order valence-corrected chi connectivity index (χ2v) is 4.97. The largest absolute Gasteiger partial charge is 0.497 e. The molecule has 0 amide bonds. The molecular weight excluding hydrogens is 290 g/mol. The summed E-state index contributed by atoms with van der Waals surface area (Å²) in [5, 5.41) is 3.09. The van der Waals surface area contributed by atoms with Gasteiger partial charge in [0.1, 0.15) is 18.1 Å². The number of nitrogens with zero attached hydrogens (tertiary/aromatic N) is 1. The number of aliphatic imine (C=N–C) groups is 1. The minimum Gasteiger partial charge on any atom is -0.497 e. The fourth-order valence-electron chi connectivity index (χ4n) is 2.08. The minimum atomic E-state index is 0.382. The first-order chi connectivity index (χ1) is 11.2. The van der Waals surface area contributed by atoms with E-state index < -0.39 is 0 Å².